The summed E-state index contributed by atoms with van der Waals surface area (Å²) in [6.07, 6.45) is 4.46. The number of aryl methyl sites for hydroxylation is 1. The molecule has 1 saturated heterocycles. The van der Waals surface area contributed by atoms with Gasteiger partial charge in [-0.2, -0.15) is 9.97 Å². The van der Waals surface area contributed by atoms with Gasteiger partial charge in [-0.15, -0.1) is 0 Å². The monoisotopic (exact) mass is 405 g/mol. The van der Waals surface area contributed by atoms with Crippen molar-refractivity contribution in [2.24, 2.45) is 0 Å². The van der Waals surface area contributed by atoms with Crippen LogP contribution in [0.2, 0.25) is 0 Å². The van der Waals surface area contributed by atoms with E-state index in [2.05, 4.69) is 26.8 Å². The molecule has 3 rings (SSSR count). The standard InChI is InChI=1S/C19H31N7O3/c1-4-5-12-29-18-22-15(20)14-16(23-18)26(19(28)21-14)11-7-10-25(3)17(27)13-8-6-9-24(13)2/h13H,4-12H2,1-3H3,(H,21,28)(H2,20,22,23)/t13-/m0/s1. The Morgan fingerprint density at radius 1 is 1.38 bits per heavy atom. The molecule has 160 valence electrons. The third-order valence-electron chi connectivity index (χ3n) is 5.42. The molecule has 0 radical (unpaired) electrons. The number of ether oxygens (including phenoxy) is 1. The summed E-state index contributed by atoms with van der Waals surface area (Å²) in [5.41, 5.74) is 6.52. The number of nitrogens with two attached hydrogens (primary N) is 1. The zero-order valence-electron chi connectivity index (χ0n) is 17.5. The van der Waals surface area contributed by atoms with E-state index in [4.69, 9.17) is 10.5 Å². The predicted octanol–water partition coefficient (Wildman–Crippen LogP) is 0.823. The molecule has 1 atom stereocenters. The molecule has 0 saturated carbocycles. The van der Waals surface area contributed by atoms with Crippen LogP contribution in [0.25, 0.3) is 11.2 Å². The van der Waals surface area contributed by atoms with Crippen LogP contribution in [0.15, 0.2) is 4.79 Å². The SMILES string of the molecule is CCCCOc1nc(N)c2[nH]c(=O)n(CCCN(C)C(=O)[C@@H]3CCCN3C)c2n1. The van der Waals surface area contributed by atoms with E-state index in [9.17, 15) is 9.59 Å². The second-order valence-electron chi connectivity index (χ2n) is 7.63. The fraction of sp³-hybridized carbons (Fsp3) is 0.684. The molecule has 1 aliphatic heterocycles. The molecule has 29 heavy (non-hydrogen) atoms. The lowest BCUT2D eigenvalue weighted by molar-refractivity contribution is -0.134. The fourth-order valence-corrected chi connectivity index (χ4v) is 3.66. The number of nitrogens with one attached hydrogen (secondary N) is 1. The number of anilines is 1. The number of likely N-dealkylation sites (N-methyl/N-ethyl adjacent to an activating group) is 2. The van der Waals surface area contributed by atoms with Gasteiger partial charge in [0.05, 0.1) is 12.6 Å². The van der Waals surface area contributed by atoms with Crippen molar-refractivity contribution in [3.63, 3.8) is 0 Å². The van der Waals surface area contributed by atoms with Crippen molar-refractivity contribution in [1.82, 2.24) is 29.3 Å². The van der Waals surface area contributed by atoms with E-state index in [1.54, 1.807) is 4.90 Å². The number of amides is 1. The van der Waals surface area contributed by atoms with Gasteiger partial charge in [0.25, 0.3) is 0 Å². The smallest absolute Gasteiger partial charge is 0.327 e. The molecule has 3 heterocycles. The van der Waals surface area contributed by atoms with E-state index < -0.39 is 0 Å². The van der Waals surface area contributed by atoms with Crippen LogP contribution >= 0.6 is 0 Å². The van der Waals surface area contributed by atoms with Crippen LogP contribution in [-0.4, -0.2) is 75.1 Å². The van der Waals surface area contributed by atoms with Crippen LogP contribution in [0.4, 0.5) is 5.82 Å². The molecule has 0 aliphatic carbocycles. The number of nitrogen functional groups attached to an aromatic ring is 1. The molecule has 10 heteroatoms. The van der Waals surface area contributed by atoms with Gasteiger partial charge in [-0.1, -0.05) is 13.3 Å². The first-order valence-corrected chi connectivity index (χ1v) is 10.3. The highest BCUT2D eigenvalue weighted by Gasteiger charge is 2.29. The highest BCUT2D eigenvalue weighted by Crippen LogP contribution is 2.19. The summed E-state index contributed by atoms with van der Waals surface area (Å²) in [6.45, 7) is 4.50. The number of rotatable bonds is 9. The van der Waals surface area contributed by atoms with E-state index in [-0.39, 0.29) is 29.5 Å². The van der Waals surface area contributed by atoms with Crippen LogP contribution in [0.3, 0.4) is 0 Å². The van der Waals surface area contributed by atoms with Gasteiger partial charge >= 0.3 is 11.7 Å². The third-order valence-corrected chi connectivity index (χ3v) is 5.42. The van der Waals surface area contributed by atoms with Crippen molar-refractivity contribution in [1.29, 1.82) is 0 Å². The zero-order chi connectivity index (χ0) is 21.0. The van der Waals surface area contributed by atoms with E-state index in [1.165, 1.54) is 4.57 Å². The summed E-state index contributed by atoms with van der Waals surface area (Å²) in [5, 5.41) is 0. The molecule has 1 amide bonds. The van der Waals surface area contributed by atoms with Crippen molar-refractivity contribution < 1.29 is 9.53 Å². The van der Waals surface area contributed by atoms with Gasteiger partial charge in [-0.05, 0) is 39.3 Å². The molecule has 1 fully saturated rings. The van der Waals surface area contributed by atoms with Crippen LogP contribution < -0.4 is 16.2 Å². The minimum atomic E-state index is -0.295. The number of carbonyl (C=O) groups is 1. The number of carbonyl (C=O) groups excluding carboxylic acids is 1. The van der Waals surface area contributed by atoms with E-state index in [0.29, 0.717) is 37.3 Å². The van der Waals surface area contributed by atoms with Gasteiger partial charge in [0.2, 0.25) is 5.91 Å². The van der Waals surface area contributed by atoms with Crippen molar-refractivity contribution >= 4 is 22.9 Å². The third kappa shape index (κ3) is 4.69. The van der Waals surface area contributed by atoms with Gasteiger partial charge in [0.1, 0.15) is 5.52 Å². The van der Waals surface area contributed by atoms with Crippen molar-refractivity contribution in [2.45, 2.75) is 51.6 Å². The van der Waals surface area contributed by atoms with Crippen LogP contribution in [0, 0.1) is 0 Å². The maximum Gasteiger partial charge on any atom is 0.327 e. The molecular formula is C19H31N7O3. The molecule has 2 aromatic heterocycles. The number of aromatic amines is 1. The van der Waals surface area contributed by atoms with Crippen LogP contribution in [-0.2, 0) is 11.3 Å². The van der Waals surface area contributed by atoms with Gasteiger partial charge in [0.15, 0.2) is 11.5 Å². The summed E-state index contributed by atoms with van der Waals surface area (Å²) in [7, 11) is 3.80. The number of imidazole rings is 1. The normalized spacial score (nSPS) is 17.1. The first kappa shape index (κ1) is 21.1. The van der Waals surface area contributed by atoms with E-state index >= 15 is 0 Å². The summed E-state index contributed by atoms with van der Waals surface area (Å²) < 4.78 is 7.08. The Labute approximate surface area is 170 Å². The highest BCUT2D eigenvalue weighted by molar-refractivity contribution is 5.82. The second-order valence-corrected chi connectivity index (χ2v) is 7.63. The topological polar surface area (TPSA) is 122 Å². The lowest BCUT2D eigenvalue weighted by atomic mass is 10.2. The number of fused-ring (bicyclic) bond motifs is 1. The minimum Gasteiger partial charge on any atom is -0.463 e. The molecule has 0 aromatic carbocycles. The Morgan fingerprint density at radius 2 is 2.17 bits per heavy atom. The van der Waals surface area contributed by atoms with E-state index in [0.717, 1.165) is 32.2 Å². The summed E-state index contributed by atoms with van der Waals surface area (Å²) in [5.74, 6) is 0.323. The maximum absolute atomic E-state index is 12.6. The summed E-state index contributed by atoms with van der Waals surface area (Å²) in [6, 6.07) is 0.138. The van der Waals surface area contributed by atoms with Crippen molar-refractivity contribution in [3.05, 3.63) is 10.5 Å². The first-order valence-electron chi connectivity index (χ1n) is 10.3. The van der Waals surface area contributed by atoms with Crippen LogP contribution in [0.1, 0.15) is 39.0 Å². The Hall–Kier alpha value is -2.62. The van der Waals surface area contributed by atoms with Crippen molar-refractivity contribution in [2.75, 3.05) is 39.5 Å². The average molecular weight is 406 g/mol. The number of unbranched alkanes of at least 4 members (excludes halogenated alkanes) is 1. The van der Waals surface area contributed by atoms with Crippen molar-refractivity contribution in [3.8, 4) is 6.01 Å². The van der Waals surface area contributed by atoms with Gasteiger partial charge in [-0.3, -0.25) is 14.3 Å². The second kappa shape index (κ2) is 9.25. The lowest BCUT2D eigenvalue weighted by Crippen LogP contribution is -2.43. The number of likely N-dealkylation sites (tertiary alicyclic amines) is 1. The number of hydrogen-bond acceptors (Lipinski definition) is 7. The molecule has 3 N–H and O–H groups in total. The Bertz CT molecular complexity index is 907. The van der Waals surface area contributed by atoms with Crippen LogP contribution in [0.5, 0.6) is 6.01 Å². The molecule has 0 bridgehead atoms. The van der Waals surface area contributed by atoms with Gasteiger partial charge < -0.3 is 20.4 Å². The first-order chi connectivity index (χ1) is 13.9. The molecule has 2 aromatic rings. The Kier molecular flexibility index (Phi) is 6.73. The van der Waals surface area contributed by atoms with Gasteiger partial charge in [0, 0.05) is 20.1 Å². The molecular weight excluding hydrogens is 374 g/mol. The Balaban J connectivity index is 1.67. The number of hydrogen-bond donors (Lipinski definition) is 2. The summed E-state index contributed by atoms with van der Waals surface area (Å²) >= 11 is 0. The molecule has 1 aliphatic rings. The number of nitrogens with zero attached hydrogens (tertiary/aromatic N) is 5. The fourth-order valence-electron chi connectivity index (χ4n) is 3.66. The number of aromatic nitrogens is 4. The molecule has 0 unspecified atom stereocenters. The molecule has 10 nitrogen and oxygen atoms in total. The largest absolute Gasteiger partial charge is 0.463 e. The van der Waals surface area contributed by atoms with Gasteiger partial charge in [-0.25, -0.2) is 4.79 Å². The lowest BCUT2D eigenvalue weighted by Gasteiger charge is -2.25. The average Bonchev–Trinajstić information content (AvgIpc) is 3.25. The highest BCUT2D eigenvalue weighted by atomic mass is 16.5. The predicted molar refractivity (Wildman–Crippen MR) is 111 cm³/mol. The quantitative estimate of drug-likeness (QED) is 0.592. The Morgan fingerprint density at radius 3 is 2.86 bits per heavy atom. The summed E-state index contributed by atoms with van der Waals surface area (Å²) in [4.78, 5) is 40.0. The van der Waals surface area contributed by atoms with E-state index in [1.807, 2.05) is 14.1 Å². The number of H-pyrrole nitrogens is 1. The molecule has 0 spiro atoms. The zero-order valence-corrected chi connectivity index (χ0v) is 17.5. The minimum absolute atomic E-state index is 0.0359. The maximum atomic E-state index is 12.6.